The first-order chi connectivity index (χ1) is 12.8. The van der Waals surface area contributed by atoms with Crippen molar-refractivity contribution in [1.29, 1.82) is 0 Å². The maximum atomic E-state index is 12.6. The van der Waals surface area contributed by atoms with Crippen molar-refractivity contribution in [3.8, 4) is 0 Å². The van der Waals surface area contributed by atoms with Crippen molar-refractivity contribution in [2.45, 2.75) is 25.3 Å². The fourth-order valence-corrected chi connectivity index (χ4v) is 3.55. The third kappa shape index (κ3) is 2.88. The summed E-state index contributed by atoms with van der Waals surface area (Å²) in [6.45, 7) is 3.95. The van der Waals surface area contributed by atoms with Gasteiger partial charge in [-0.15, -0.1) is 0 Å². The molecule has 0 unspecified atom stereocenters. The fourth-order valence-electron chi connectivity index (χ4n) is 3.55. The normalized spacial score (nSPS) is 18.5. The lowest BCUT2D eigenvalue weighted by atomic mass is 10.2. The summed E-state index contributed by atoms with van der Waals surface area (Å²) in [7, 11) is 0. The highest BCUT2D eigenvalue weighted by Crippen LogP contribution is 2.40. The number of imidazole rings is 1. The first-order valence-corrected chi connectivity index (χ1v) is 9.17. The predicted molar refractivity (Wildman–Crippen MR) is 94.9 cm³/mol. The number of carbonyl (C=O) groups excluding carboxylic acids is 1. The van der Waals surface area contributed by atoms with Crippen LogP contribution in [0.3, 0.4) is 0 Å². The monoisotopic (exact) mass is 351 g/mol. The van der Waals surface area contributed by atoms with Crippen LogP contribution in [0.1, 0.15) is 40.7 Å². The van der Waals surface area contributed by atoms with Crippen LogP contribution in [-0.4, -0.2) is 56.4 Å². The number of rotatable bonds is 4. The van der Waals surface area contributed by atoms with Crippen LogP contribution in [-0.2, 0) is 6.54 Å². The summed E-state index contributed by atoms with van der Waals surface area (Å²) < 4.78 is 7.43. The molecule has 3 aromatic rings. The van der Waals surface area contributed by atoms with Gasteiger partial charge in [-0.1, -0.05) is 11.2 Å². The molecule has 7 nitrogen and oxygen atoms in total. The Morgan fingerprint density at radius 3 is 2.85 bits per heavy atom. The molecular formula is C19H21N5O2. The Balaban J connectivity index is 1.21. The molecule has 0 radical (unpaired) electrons. The number of hydrogen-bond acceptors (Lipinski definition) is 5. The minimum absolute atomic E-state index is 0.0184. The van der Waals surface area contributed by atoms with E-state index in [1.165, 1.54) is 5.69 Å². The van der Waals surface area contributed by atoms with Gasteiger partial charge in [-0.05, 0) is 25.0 Å². The quantitative estimate of drug-likeness (QED) is 0.721. The van der Waals surface area contributed by atoms with Crippen LogP contribution >= 0.6 is 0 Å². The highest BCUT2D eigenvalue weighted by Gasteiger charge is 2.30. The molecule has 4 heterocycles. The van der Waals surface area contributed by atoms with E-state index >= 15 is 0 Å². The van der Waals surface area contributed by atoms with Crippen molar-refractivity contribution >= 4 is 11.6 Å². The SMILES string of the molecule is O=C(c1cc(C2CC2)on1)N1CCN(Cc2cnc3ccccn23)CC1. The topological polar surface area (TPSA) is 66.9 Å². The first-order valence-electron chi connectivity index (χ1n) is 9.17. The first kappa shape index (κ1) is 15.6. The second-order valence-corrected chi connectivity index (χ2v) is 7.14. The molecule has 2 aliphatic rings. The van der Waals surface area contributed by atoms with E-state index < -0.39 is 0 Å². The molecule has 7 heteroatoms. The summed E-state index contributed by atoms with van der Waals surface area (Å²) in [6, 6.07) is 7.84. The number of carbonyl (C=O) groups is 1. The van der Waals surface area contributed by atoms with Gasteiger partial charge in [-0.3, -0.25) is 9.69 Å². The van der Waals surface area contributed by atoms with Crippen molar-refractivity contribution in [1.82, 2.24) is 24.3 Å². The molecule has 1 saturated carbocycles. The van der Waals surface area contributed by atoms with Crippen molar-refractivity contribution in [3.05, 3.63) is 53.8 Å². The fraction of sp³-hybridized carbons (Fsp3) is 0.421. The second kappa shape index (κ2) is 6.25. The molecule has 5 rings (SSSR count). The molecule has 1 aliphatic heterocycles. The molecule has 26 heavy (non-hydrogen) atoms. The molecule has 2 fully saturated rings. The highest BCUT2D eigenvalue weighted by molar-refractivity contribution is 5.92. The van der Waals surface area contributed by atoms with Gasteiger partial charge < -0.3 is 13.8 Å². The Labute approximate surface area is 151 Å². The van der Waals surface area contributed by atoms with Crippen LogP contribution < -0.4 is 0 Å². The van der Waals surface area contributed by atoms with Crippen molar-refractivity contribution < 1.29 is 9.32 Å². The van der Waals surface area contributed by atoms with Crippen LogP contribution in [0.2, 0.25) is 0 Å². The van der Waals surface area contributed by atoms with E-state index in [4.69, 9.17) is 4.52 Å². The molecule has 1 aliphatic carbocycles. The van der Waals surface area contributed by atoms with Crippen LogP contribution in [0.25, 0.3) is 5.65 Å². The number of pyridine rings is 1. The average Bonchev–Trinajstić information content (AvgIpc) is 3.28. The average molecular weight is 351 g/mol. The molecule has 0 atom stereocenters. The number of piperazine rings is 1. The second-order valence-electron chi connectivity index (χ2n) is 7.14. The molecule has 0 aromatic carbocycles. The summed E-state index contributed by atoms with van der Waals surface area (Å²) in [6.07, 6.45) is 6.26. The van der Waals surface area contributed by atoms with Gasteiger partial charge in [-0.25, -0.2) is 4.98 Å². The Kier molecular flexibility index (Phi) is 3.74. The number of fused-ring (bicyclic) bond motifs is 1. The Morgan fingerprint density at radius 2 is 2.04 bits per heavy atom. The van der Waals surface area contributed by atoms with Crippen molar-refractivity contribution in [2.75, 3.05) is 26.2 Å². The summed E-state index contributed by atoms with van der Waals surface area (Å²) in [4.78, 5) is 21.3. The zero-order valence-corrected chi connectivity index (χ0v) is 14.5. The maximum absolute atomic E-state index is 12.6. The summed E-state index contributed by atoms with van der Waals surface area (Å²) >= 11 is 0. The standard InChI is InChI=1S/C19H21N5O2/c25-19(16-11-17(26-21-16)14-4-5-14)23-9-7-22(8-10-23)13-15-12-20-18-3-1-2-6-24(15)18/h1-3,6,11-12,14H,4-5,7-10,13H2. The zero-order valence-electron chi connectivity index (χ0n) is 14.5. The summed E-state index contributed by atoms with van der Waals surface area (Å²) in [5.74, 6) is 1.32. The third-order valence-corrected chi connectivity index (χ3v) is 5.27. The van der Waals surface area contributed by atoms with Crippen molar-refractivity contribution in [3.63, 3.8) is 0 Å². The highest BCUT2D eigenvalue weighted by atomic mass is 16.5. The number of aromatic nitrogens is 3. The molecule has 0 spiro atoms. The smallest absolute Gasteiger partial charge is 0.276 e. The number of amides is 1. The van der Waals surface area contributed by atoms with Gasteiger partial charge in [0.15, 0.2) is 5.69 Å². The van der Waals surface area contributed by atoms with E-state index in [0.717, 1.165) is 43.9 Å². The van der Waals surface area contributed by atoms with Gasteiger partial charge in [0, 0.05) is 50.9 Å². The Bertz CT molecular complexity index is 934. The molecule has 134 valence electrons. The zero-order chi connectivity index (χ0) is 17.5. The minimum atomic E-state index is -0.0184. The molecule has 1 saturated heterocycles. The number of nitrogens with zero attached hydrogens (tertiary/aromatic N) is 5. The van der Waals surface area contributed by atoms with Crippen molar-refractivity contribution in [2.24, 2.45) is 0 Å². The van der Waals surface area contributed by atoms with Crippen LogP contribution in [0.5, 0.6) is 0 Å². The van der Waals surface area contributed by atoms with Crippen LogP contribution in [0, 0.1) is 0 Å². The summed E-state index contributed by atoms with van der Waals surface area (Å²) in [5, 5.41) is 3.98. The van der Waals surface area contributed by atoms with Crippen LogP contribution in [0.4, 0.5) is 0 Å². The number of hydrogen-bond donors (Lipinski definition) is 0. The Morgan fingerprint density at radius 1 is 1.19 bits per heavy atom. The van der Waals surface area contributed by atoms with E-state index in [1.807, 2.05) is 41.6 Å². The maximum Gasteiger partial charge on any atom is 0.276 e. The minimum Gasteiger partial charge on any atom is -0.360 e. The molecule has 3 aromatic heterocycles. The Hall–Kier alpha value is -2.67. The predicted octanol–water partition coefficient (Wildman–Crippen LogP) is 2.16. The third-order valence-electron chi connectivity index (χ3n) is 5.27. The van der Waals surface area contributed by atoms with Gasteiger partial charge in [-0.2, -0.15) is 0 Å². The van der Waals surface area contributed by atoms with Gasteiger partial charge in [0.2, 0.25) is 0 Å². The van der Waals surface area contributed by atoms with E-state index in [2.05, 4.69) is 19.4 Å². The lowest BCUT2D eigenvalue weighted by molar-refractivity contribution is 0.0616. The van der Waals surface area contributed by atoms with E-state index in [0.29, 0.717) is 24.7 Å². The van der Waals surface area contributed by atoms with Gasteiger partial charge in [0.05, 0.1) is 11.9 Å². The van der Waals surface area contributed by atoms with Gasteiger partial charge in [0.25, 0.3) is 5.91 Å². The summed E-state index contributed by atoms with van der Waals surface area (Å²) in [5.41, 5.74) is 2.59. The molecular weight excluding hydrogens is 330 g/mol. The van der Waals surface area contributed by atoms with E-state index in [9.17, 15) is 4.79 Å². The molecule has 0 N–H and O–H groups in total. The molecule has 1 amide bonds. The van der Waals surface area contributed by atoms with E-state index in [1.54, 1.807) is 0 Å². The van der Waals surface area contributed by atoms with E-state index in [-0.39, 0.29) is 5.91 Å². The largest absolute Gasteiger partial charge is 0.360 e. The lowest BCUT2D eigenvalue weighted by Gasteiger charge is -2.34. The lowest BCUT2D eigenvalue weighted by Crippen LogP contribution is -2.48. The van der Waals surface area contributed by atoms with Crippen LogP contribution in [0.15, 0.2) is 41.2 Å². The van der Waals surface area contributed by atoms with Gasteiger partial charge in [0.1, 0.15) is 11.4 Å². The molecule has 0 bridgehead atoms. The van der Waals surface area contributed by atoms with Gasteiger partial charge >= 0.3 is 0 Å².